The fourth-order valence-corrected chi connectivity index (χ4v) is 1.81. The molecule has 4 nitrogen and oxygen atoms in total. The predicted octanol–water partition coefficient (Wildman–Crippen LogP) is 2.19. The summed E-state index contributed by atoms with van der Waals surface area (Å²) < 4.78 is 31.4. The standard InChI is InChI=1S/C14H20F2N2O2.ClH/c1-3-13(11-5-4-10(15)8-12(11)16)18-14(19)9-17-6-7-20-2;/h4-5,8,13,17H,3,6-7,9H2,1-2H3,(H,18,19);1H. The molecular formula is C14H21ClF2N2O2. The summed E-state index contributed by atoms with van der Waals surface area (Å²) in [7, 11) is 1.58. The second-order valence-corrected chi connectivity index (χ2v) is 4.36. The first-order valence-corrected chi connectivity index (χ1v) is 6.52. The van der Waals surface area contributed by atoms with Gasteiger partial charge in [-0.05, 0) is 12.5 Å². The van der Waals surface area contributed by atoms with Crippen molar-refractivity contribution in [1.82, 2.24) is 10.6 Å². The molecule has 0 saturated heterocycles. The van der Waals surface area contributed by atoms with Crippen LogP contribution in [-0.2, 0) is 9.53 Å². The zero-order chi connectivity index (χ0) is 15.0. The Bertz CT molecular complexity index is 447. The van der Waals surface area contributed by atoms with E-state index in [0.29, 0.717) is 25.1 Å². The Kier molecular flexibility index (Phi) is 9.86. The van der Waals surface area contributed by atoms with Crippen molar-refractivity contribution in [3.8, 4) is 0 Å². The van der Waals surface area contributed by atoms with Crippen LogP contribution in [-0.4, -0.2) is 32.7 Å². The number of methoxy groups -OCH3 is 1. The van der Waals surface area contributed by atoms with E-state index < -0.39 is 17.7 Å². The normalized spacial score (nSPS) is 11.6. The maximum Gasteiger partial charge on any atom is 0.234 e. The summed E-state index contributed by atoms with van der Waals surface area (Å²) in [5.41, 5.74) is 0.291. The number of hydrogen-bond donors (Lipinski definition) is 2. The van der Waals surface area contributed by atoms with Crippen LogP contribution >= 0.6 is 12.4 Å². The second kappa shape index (κ2) is 10.5. The van der Waals surface area contributed by atoms with Gasteiger partial charge in [-0.1, -0.05) is 13.0 Å². The zero-order valence-corrected chi connectivity index (χ0v) is 12.9. The summed E-state index contributed by atoms with van der Waals surface area (Å²) in [5, 5.41) is 5.62. The van der Waals surface area contributed by atoms with E-state index in [9.17, 15) is 13.6 Å². The van der Waals surface area contributed by atoms with Gasteiger partial charge in [0.05, 0.1) is 19.2 Å². The first-order valence-electron chi connectivity index (χ1n) is 6.52. The summed E-state index contributed by atoms with van der Waals surface area (Å²) in [6.07, 6.45) is 0.520. The summed E-state index contributed by atoms with van der Waals surface area (Å²) in [5.74, 6) is -1.52. The largest absolute Gasteiger partial charge is 0.383 e. The van der Waals surface area contributed by atoms with Gasteiger partial charge in [0.15, 0.2) is 0 Å². The van der Waals surface area contributed by atoms with E-state index in [1.807, 2.05) is 6.92 Å². The van der Waals surface area contributed by atoms with Gasteiger partial charge in [0.1, 0.15) is 11.6 Å². The van der Waals surface area contributed by atoms with Crippen LogP contribution in [0.5, 0.6) is 0 Å². The number of nitrogens with one attached hydrogen (secondary N) is 2. The van der Waals surface area contributed by atoms with Crippen molar-refractivity contribution in [2.75, 3.05) is 26.8 Å². The van der Waals surface area contributed by atoms with Crippen molar-refractivity contribution in [3.63, 3.8) is 0 Å². The van der Waals surface area contributed by atoms with Gasteiger partial charge in [0, 0.05) is 25.3 Å². The summed E-state index contributed by atoms with van der Waals surface area (Å²) in [6, 6.07) is 2.90. The average molecular weight is 323 g/mol. The van der Waals surface area contributed by atoms with E-state index in [0.717, 1.165) is 6.07 Å². The summed E-state index contributed by atoms with van der Waals surface area (Å²) >= 11 is 0. The van der Waals surface area contributed by atoms with E-state index >= 15 is 0 Å². The van der Waals surface area contributed by atoms with Crippen LogP contribution in [0.15, 0.2) is 18.2 Å². The fourth-order valence-electron chi connectivity index (χ4n) is 1.81. The fraction of sp³-hybridized carbons (Fsp3) is 0.500. The molecule has 7 heteroatoms. The molecule has 1 rings (SSSR count). The minimum absolute atomic E-state index is 0. The van der Waals surface area contributed by atoms with Crippen molar-refractivity contribution in [1.29, 1.82) is 0 Å². The van der Waals surface area contributed by atoms with Gasteiger partial charge >= 0.3 is 0 Å². The molecule has 120 valence electrons. The molecule has 1 amide bonds. The molecule has 0 heterocycles. The molecule has 1 unspecified atom stereocenters. The predicted molar refractivity (Wildman–Crippen MR) is 79.5 cm³/mol. The lowest BCUT2D eigenvalue weighted by molar-refractivity contribution is -0.121. The highest BCUT2D eigenvalue weighted by Crippen LogP contribution is 2.20. The van der Waals surface area contributed by atoms with Gasteiger partial charge in [-0.2, -0.15) is 0 Å². The van der Waals surface area contributed by atoms with Gasteiger partial charge in [-0.25, -0.2) is 8.78 Å². The first kappa shape index (κ1) is 19.8. The van der Waals surface area contributed by atoms with Crippen LogP contribution in [0.4, 0.5) is 8.78 Å². The van der Waals surface area contributed by atoms with Crippen LogP contribution < -0.4 is 10.6 Å². The third-order valence-electron chi connectivity index (χ3n) is 2.85. The SMILES string of the molecule is CCC(NC(=O)CNCCOC)c1ccc(F)cc1F.Cl. The van der Waals surface area contributed by atoms with Crippen molar-refractivity contribution in [2.24, 2.45) is 0 Å². The van der Waals surface area contributed by atoms with Crippen LogP contribution in [0.2, 0.25) is 0 Å². The number of benzene rings is 1. The lowest BCUT2D eigenvalue weighted by Gasteiger charge is -2.18. The number of hydrogen-bond acceptors (Lipinski definition) is 3. The Hall–Kier alpha value is -1.24. The van der Waals surface area contributed by atoms with E-state index in [-0.39, 0.29) is 24.9 Å². The van der Waals surface area contributed by atoms with Crippen LogP contribution in [0.3, 0.4) is 0 Å². The van der Waals surface area contributed by atoms with Gasteiger partial charge in [-0.15, -0.1) is 12.4 Å². The maximum atomic E-state index is 13.7. The van der Waals surface area contributed by atoms with Gasteiger partial charge < -0.3 is 15.4 Å². The summed E-state index contributed by atoms with van der Waals surface area (Å²) in [6.45, 7) is 3.03. The number of rotatable bonds is 8. The Morgan fingerprint density at radius 3 is 2.67 bits per heavy atom. The highest BCUT2D eigenvalue weighted by molar-refractivity contribution is 5.85. The molecule has 0 fully saturated rings. The van der Waals surface area contributed by atoms with Gasteiger partial charge in [-0.3, -0.25) is 4.79 Å². The van der Waals surface area contributed by atoms with E-state index in [1.165, 1.54) is 12.1 Å². The topological polar surface area (TPSA) is 50.4 Å². The molecule has 1 aromatic carbocycles. The molecule has 0 bridgehead atoms. The minimum atomic E-state index is -0.649. The molecule has 0 aliphatic carbocycles. The molecule has 0 aliphatic rings. The monoisotopic (exact) mass is 322 g/mol. The van der Waals surface area contributed by atoms with Crippen LogP contribution in [0.25, 0.3) is 0 Å². The van der Waals surface area contributed by atoms with Crippen molar-refractivity contribution in [2.45, 2.75) is 19.4 Å². The third kappa shape index (κ3) is 6.84. The van der Waals surface area contributed by atoms with Gasteiger partial charge in [0.2, 0.25) is 5.91 Å². The van der Waals surface area contributed by atoms with E-state index in [2.05, 4.69) is 10.6 Å². The quantitative estimate of drug-likeness (QED) is 0.721. The summed E-state index contributed by atoms with van der Waals surface area (Å²) in [4.78, 5) is 11.7. The Balaban J connectivity index is 0.00000400. The minimum Gasteiger partial charge on any atom is -0.383 e. The average Bonchev–Trinajstić information content (AvgIpc) is 2.41. The smallest absolute Gasteiger partial charge is 0.234 e. The molecule has 0 aromatic heterocycles. The number of carbonyl (C=O) groups is 1. The number of amides is 1. The number of ether oxygens (including phenoxy) is 1. The molecule has 0 saturated carbocycles. The third-order valence-corrected chi connectivity index (χ3v) is 2.85. The van der Waals surface area contributed by atoms with Crippen molar-refractivity contribution >= 4 is 18.3 Å². The number of halogens is 3. The highest BCUT2D eigenvalue weighted by atomic mass is 35.5. The molecule has 1 atom stereocenters. The Morgan fingerprint density at radius 1 is 1.38 bits per heavy atom. The molecule has 1 aromatic rings. The first-order chi connectivity index (χ1) is 9.58. The maximum absolute atomic E-state index is 13.7. The van der Waals surface area contributed by atoms with Gasteiger partial charge in [0.25, 0.3) is 0 Å². The molecule has 0 spiro atoms. The molecule has 0 aliphatic heterocycles. The van der Waals surface area contributed by atoms with E-state index in [1.54, 1.807) is 7.11 Å². The Labute approximate surface area is 129 Å². The molecule has 2 N–H and O–H groups in total. The Morgan fingerprint density at radius 2 is 2.10 bits per heavy atom. The number of carbonyl (C=O) groups excluding carboxylic acids is 1. The second-order valence-electron chi connectivity index (χ2n) is 4.36. The van der Waals surface area contributed by atoms with Crippen LogP contribution in [0.1, 0.15) is 24.9 Å². The van der Waals surface area contributed by atoms with E-state index in [4.69, 9.17) is 4.74 Å². The molecule has 21 heavy (non-hydrogen) atoms. The molecular weight excluding hydrogens is 302 g/mol. The van der Waals surface area contributed by atoms with Crippen molar-refractivity contribution < 1.29 is 18.3 Å². The lowest BCUT2D eigenvalue weighted by Crippen LogP contribution is -2.37. The lowest BCUT2D eigenvalue weighted by atomic mass is 10.0. The highest BCUT2D eigenvalue weighted by Gasteiger charge is 2.16. The molecule has 0 radical (unpaired) electrons. The van der Waals surface area contributed by atoms with Crippen molar-refractivity contribution in [3.05, 3.63) is 35.4 Å². The van der Waals surface area contributed by atoms with Crippen LogP contribution in [0, 0.1) is 11.6 Å². The zero-order valence-electron chi connectivity index (χ0n) is 12.1.